The van der Waals surface area contributed by atoms with E-state index in [1.165, 1.54) is 18.2 Å². The zero-order chi connectivity index (χ0) is 21.0. The molecule has 0 spiro atoms. The standard InChI is InChI=1S/C20H15BrN2O5S/c1-2-9-22-19(24)18(29-20(22)25)11-14-10-15(21)5-8-17(14)28-12-13-3-6-16(7-4-13)23(26)27/h2-8,10-11H,1,9,12H2/b18-11-. The summed E-state index contributed by atoms with van der Waals surface area (Å²) in [5.74, 6) is 0.142. The average Bonchev–Trinajstić information content (AvgIpc) is 2.95. The van der Waals surface area contributed by atoms with Crippen LogP contribution in [0.3, 0.4) is 0 Å². The zero-order valence-electron chi connectivity index (χ0n) is 15.0. The number of thioether (sulfide) groups is 1. The number of nitrogens with zero attached hydrogens (tertiary/aromatic N) is 2. The van der Waals surface area contributed by atoms with Crippen molar-refractivity contribution in [1.82, 2.24) is 4.90 Å². The molecule has 0 aromatic heterocycles. The van der Waals surface area contributed by atoms with Gasteiger partial charge in [-0.1, -0.05) is 22.0 Å². The fourth-order valence-electron chi connectivity index (χ4n) is 2.57. The first kappa shape index (κ1) is 20.8. The third kappa shape index (κ3) is 4.93. The fourth-order valence-corrected chi connectivity index (χ4v) is 3.78. The summed E-state index contributed by atoms with van der Waals surface area (Å²) >= 11 is 4.26. The lowest BCUT2D eigenvalue weighted by atomic mass is 10.1. The first-order chi connectivity index (χ1) is 13.9. The van der Waals surface area contributed by atoms with Crippen LogP contribution in [0.1, 0.15) is 11.1 Å². The number of ether oxygens (including phenoxy) is 1. The number of carbonyl (C=O) groups excluding carboxylic acids is 2. The highest BCUT2D eigenvalue weighted by atomic mass is 79.9. The molecule has 0 N–H and O–H groups in total. The summed E-state index contributed by atoms with van der Waals surface area (Å²) in [6.45, 7) is 3.91. The lowest BCUT2D eigenvalue weighted by molar-refractivity contribution is -0.384. The van der Waals surface area contributed by atoms with Crippen molar-refractivity contribution in [3.05, 3.63) is 85.7 Å². The monoisotopic (exact) mass is 474 g/mol. The van der Waals surface area contributed by atoms with E-state index in [9.17, 15) is 19.7 Å². The summed E-state index contributed by atoms with van der Waals surface area (Å²) in [5.41, 5.74) is 1.40. The van der Waals surface area contributed by atoms with E-state index in [0.29, 0.717) is 16.2 Å². The van der Waals surface area contributed by atoms with E-state index < -0.39 is 4.92 Å². The number of carbonyl (C=O) groups is 2. The Kier molecular flexibility index (Phi) is 6.50. The quantitative estimate of drug-likeness (QED) is 0.238. The molecule has 2 aromatic carbocycles. The van der Waals surface area contributed by atoms with Gasteiger partial charge in [0.2, 0.25) is 0 Å². The first-order valence-electron chi connectivity index (χ1n) is 8.41. The molecule has 3 rings (SSSR count). The fraction of sp³-hybridized carbons (Fsp3) is 0.100. The van der Waals surface area contributed by atoms with E-state index in [0.717, 1.165) is 26.7 Å². The summed E-state index contributed by atoms with van der Waals surface area (Å²) in [6.07, 6.45) is 3.11. The van der Waals surface area contributed by atoms with Gasteiger partial charge in [-0.2, -0.15) is 0 Å². The Bertz CT molecular complexity index is 1020. The van der Waals surface area contributed by atoms with Crippen LogP contribution in [0.25, 0.3) is 6.08 Å². The van der Waals surface area contributed by atoms with Gasteiger partial charge in [-0.3, -0.25) is 24.6 Å². The van der Waals surface area contributed by atoms with Gasteiger partial charge in [0, 0.05) is 28.7 Å². The molecule has 7 nitrogen and oxygen atoms in total. The number of amides is 2. The van der Waals surface area contributed by atoms with Crippen LogP contribution in [-0.2, 0) is 11.4 Å². The molecule has 0 atom stereocenters. The van der Waals surface area contributed by atoms with Crippen LogP contribution in [-0.4, -0.2) is 27.5 Å². The molecule has 29 heavy (non-hydrogen) atoms. The molecule has 148 valence electrons. The minimum absolute atomic E-state index is 0.00771. The number of halogens is 1. The Balaban J connectivity index is 1.81. The predicted octanol–water partition coefficient (Wildman–Crippen LogP) is 5.16. The van der Waals surface area contributed by atoms with Crippen LogP contribution in [0.2, 0.25) is 0 Å². The number of hydrogen-bond acceptors (Lipinski definition) is 6. The van der Waals surface area contributed by atoms with Crippen molar-refractivity contribution in [2.75, 3.05) is 6.54 Å². The molecular formula is C20H15BrN2O5S. The number of benzene rings is 2. The predicted molar refractivity (Wildman–Crippen MR) is 114 cm³/mol. The van der Waals surface area contributed by atoms with E-state index in [2.05, 4.69) is 22.5 Å². The van der Waals surface area contributed by atoms with Crippen LogP contribution >= 0.6 is 27.7 Å². The Morgan fingerprint density at radius 3 is 2.59 bits per heavy atom. The summed E-state index contributed by atoms with van der Waals surface area (Å²) in [4.78, 5) is 36.1. The molecule has 1 aliphatic rings. The molecule has 2 aromatic rings. The van der Waals surface area contributed by atoms with E-state index in [-0.39, 0.29) is 30.0 Å². The maximum Gasteiger partial charge on any atom is 0.293 e. The molecule has 0 radical (unpaired) electrons. The van der Waals surface area contributed by atoms with Gasteiger partial charge in [-0.05, 0) is 53.7 Å². The number of rotatable bonds is 7. The van der Waals surface area contributed by atoms with Gasteiger partial charge in [0.1, 0.15) is 12.4 Å². The molecule has 1 saturated heterocycles. The van der Waals surface area contributed by atoms with Gasteiger partial charge < -0.3 is 4.74 Å². The van der Waals surface area contributed by atoms with Crippen LogP contribution in [0.5, 0.6) is 5.75 Å². The van der Waals surface area contributed by atoms with E-state index >= 15 is 0 Å². The van der Waals surface area contributed by atoms with Gasteiger partial charge >= 0.3 is 0 Å². The molecule has 0 aliphatic carbocycles. The SMILES string of the molecule is C=CCN1C(=O)S/C(=C\c2cc(Br)ccc2OCc2ccc([N+](=O)[O-])cc2)C1=O. The van der Waals surface area contributed by atoms with Crippen molar-refractivity contribution in [3.63, 3.8) is 0 Å². The molecule has 2 amide bonds. The Morgan fingerprint density at radius 1 is 1.21 bits per heavy atom. The average molecular weight is 475 g/mol. The van der Waals surface area contributed by atoms with Crippen LogP contribution in [0.4, 0.5) is 10.5 Å². The number of non-ortho nitro benzene ring substituents is 1. The lowest BCUT2D eigenvalue weighted by Crippen LogP contribution is -2.27. The van der Waals surface area contributed by atoms with Crippen molar-refractivity contribution in [1.29, 1.82) is 0 Å². The van der Waals surface area contributed by atoms with Gasteiger partial charge in [0.05, 0.1) is 9.83 Å². The summed E-state index contributed by atoms with van der Waals surface area (Å²) < 4.78 is 6.64. The van der Waals surface area contributed by atoms with E-state index in [1.54, 1.807) is 36.4 Å². The largest absolute Gasteiger partial charge is 0.488 e. The van der Waals surface area contributed by atoms with Crippen LogP contribution in [0.15, 0.2) is 64.5 Å². The Hall–Kier alpha value is -2.91. The van der Waals surface area contributed by atoms with Gasteiger partial charge in [-0.15, -0.1) is 6.58 Å². The Morgan fingerprint density at radius 2 is 1.93 bits per heavy atom. The van der Waals surface area contributed by atoms with Crippen molar-refractivity contribution < 1.29 is 19.2 Å². The molecule has 0 bridgehead atoms. The maximum absolute atomic E-state index is 12.4. The molecular weight excluding hydrogens is 460 g/mol. The van der Waals surface area contributed by atoms with Crippen molar-refractivity contribution >= 4 is 50.6 Å². The highest BCUT2D eigenvalue weighted by Crippen LogP contribution is 2.35. The molecule has 0 saturated carbocycles. The topological polar surface area (TPSA) is 89.8 Å². The molecule has 1 fully saturated rings. The molecule has 1 aliphatic heterocycles. The highest BCUT2D eigenvalue weighted by molar-refractivity contribution is 9.10. The van der Waals surface area contributed by atoms with Crippen LogP contribution < -0.4 is 4.74 Å². The summed E-state index contributed by atoms with van der Waals surface area (Å²) in [7, 11) is 0. The van der Waals surface area contributed by atoms with E-state index in [4.69, 9.17) is 4.74 Å². The minimum Gasteiger partial charge on any atom is -0.488 e. The molecule has 0 unspecified atom stereocenters. The number of hydrogen-bond donors (Lipinski definition) is 0. The van der Waals surface area contributed by atoms with Gasteiger partial charge in [0.25, 0.3) is 16.8 Å². The smallest absolute Gasteiger partial charge is 0.293 e. The number of nitro benzene ring substituents is 1. The van der Waals surface area contributed by atoms with E-state index in [1.807, 2.05) is 0 Å². The summed E-state index contributed by atoms with van der Waals surface area (Å²) in [6, 6.07) is 11.4. The number of imide groups is 1. The molecule has 1 heterocycles. The second-order valence-electron chi connectivity index (χ2n) is 5.98. The third-order valence-corrected chi connectivity index (χ3v) is 5.39. The third-order valence-electron chi connectivity index (χ3n) is 3.99. The lowest BCUT2D eigenvalue weighted by Gasteiger charge is -2.11. The normalized spacial score (nSPS) is 15.1. The van der Waals surface area contributed by atoms with Crippen molar-refractivity contribution in [2.24, 2.45) is 0 Å². The van der Waals surface area contributed by atoms with Crippen molar-refractivity contribution in [2.45, 2.75) is 6.61 Å². The Labute approximate surface area is 179 Å². The van der Waals surface area contributed by atoms with Crippen molar-refractivity contribution in [3.8, 4) is 5.75 Å². The second-order valence-corrected chi connectivity index (χ2v) is 7.88. The first-order valence-corrected chi connectivity index (χ1v) is 10.0. The highest BCUT2D eigenvalue weighted by Gasteiger charge is 2.34. The van der Waals surface area contributed by atoms with Gasteiger partial charge in [-0.25, -0.2) is 0 Å². The number of nitro groups is 1. The summed E-state index contributed by atoms with van der Waals surface area (Å²) in [5, 5.41) is 10.4. The zero-order valence-corrected chi connectivity index (χ0v) is 17.4. The second kappa shape index (κ2) is 9.06. The maximum atomic E-state index is 12.4. The minimum atomic E-state index is -0.461. The van der Waals surface area contributed by atoms with Crippen LogP contribution in [0, 0.1) is 10.1 Å². The van der Waals surface area contributed by atoms with Gasteiger partial charge in [0.15, 0.2) is 0 Å². The molecule has 9 heteroatoms.